The van der Waals surface area contributed by atoms with Crippen molar-refractivity contribution in [2.45, 2.75) is 0 Å². The van der Waals surface area contributed by atoms with Crippen LogP contribution >= 0.6 is 11.6 Å². The molecule has 100 valence electrons. The fourth-order valence-corrected chi connectivity index (χ4v) is 2.01. The summed E-state index contributed by atoms with van der Waals surface area (Å²) in [7, 11) is 1.74. The van der Waals surface area contributed by atoms with E-state index >= 15 is 0 Å². The largest absolute Gasteiger partial charge is 0.365 e. The van der Waals surface area contributed by atoms with Crippen molar-refractivity contribution in [2.75, 3.05) is 0 Å². The summed E-state index contributed by atoms with van der Waals surface area (Å²) in [5.74, 6) is -0.776. The van der Waals surface area contributed by atoms with Crippen molar-refractivity contribution in [3.63, 3.8) is 0 Å². The first-order chi connectivity index (χ1) is 9.52. The monoisotopic (exact) mass is 286 g/mol. The molecular weight excluding hydrogens is 276 g/mol. The van der Waals surface area contributed by atoms with Crippen LogP contribution in [0.1, 0.15) is 5.56 Å². The molecule has 6 heteroatoms. The van der Waals surface area contributed by atoms with E-state index in [1.807, 2.05) is 18.2 Å². The molecule has 0 saturated heterocycles. The Morgan fingerprint density at radius 3 is 2.80 bits per heavy atom. The molecule has 1 aromatic carbocycles. The van der Waals surface area contributed by atoms with Crippen LogP contribution in [0.4, 0.5) is 0 Å². The molecule has 0 saturated carbocycles. The van der Waals surface area contributed by atoms with Gasteiger partial charge in [0.1, 0.15) is 17.3 Å². The zero-order valence-corrected chi connectivity index (χ0v) is 11.4. The number of carbonyl (C=O) groups is 1. The van der Waals surface area contributed by atoms with Gasteiger partial charge in [0.15, 0.2) is 0 Å². The number of carbonyl (C=O) groups excluding carboxylic acids is 1. The fraction of sp³-hybridized carbons (Fsp3) is 0.0714. The quantitative estimate of drug-likeness (QED) is 0.693. The third kappa shape index (κ3) is 2.71. The van der Waals surface area contributed by atoms with Gasteiger partial charge in [-0.25, -0.2) is 0 Å². The van der Waals surface area contributed by atoms with Gasteiger partial charge >= 0.3 is 0 Å². The van der Waals surface area contributed by atoms with Crippen LogP contribution < -0.4 is 5.73 Å². The summed E-state index contributed by atoms with van der Waals surface area (Å²) < 4.78 is 1.58. The Bertz CT molecular complexity index is 740. The molecule has 0 bridgehead atoms. The van der Waals surface area contributed by atoms with Crippen molar-refractivity contribution in [1.29, 1.82) is 5.26 Å². The molecule has 0 spiro atoms. The lowest BCUT2D eigenvalue weighted by Crippen LogP contribution is -2.12. The van der Waals surface area contributed by atoms with E-state index in [2.05, 4.69) is 5.10 Å². The molecule has 0 aliphatic heterocycles. The van der Waals surface area contributed by atoms with Gasteiger partial charge in [-0.2, -0.15) is 10.4 Å². The smallest absolute Gasteiger partial charge is 0.259 e. The number of halogens is 1. The highest BCUT2D eigenvalue weighted by Crippen LogP contribution is 2.30. The topological polar surface area (TPSA) is 84.7 Å². The highest BCUT2D eigenvalue weighted by molar-refractivity contribution is 6.33. The molecule has 1 aromatic heterocycles. The predicted molar refractivity (Wildman–Crippen MR) is 76.4 cm³/mol. The SMILES string of the molecule is Cn1cc(/C=C(/C#N)C(N)=O)c(-c2ccccc2Cl)n1. The number of amides is 1. The molecule has 0 unspecified atom stereocenters. The number of aromatic nitrogens is 2. The standard InChI is InChI=1S/C14H11ClN4O/c1-19-8-10(6-9(7-16)14(17)20)13(18-19)11-4-2-3-5-12(11)15/h2-6,8H,1H3,(H2,17,20)/b9-6-. The second-order valence-electron chi connectivity index (χ2n) is 4.12. The van der Waals surface area contributed by atoms with E-state index < -0.39 is 5.91 Å². The van der Waals surface area contributed by atoms with Gasteiger partial charge < -0.3 is 5.73 Å². The summed E-state index contributed by atoms with van der Waals surface area (Å²) in [6.07, 6.45) is 3.10. The molecule has 0 fully saturated rings. The number of benzene rings is 1. The lowest BCUT2D eigenvalue weighted by atomic mass is 10.1. The third-order valence-electron chi connectivity index (χ3n) is 2.67. The molecule has 2 aromatic rings. The lowest BCUT2D eigenvalue weighted by molar-refractivity contribution is -0.114. The highest BCUT2D eigenvalue weighted by Gasteiger charge is 2.13. The van der Waals surface area contributed by atoms with Crippen LogP contribution in [0.5, 0.6) is 0 Å². The van der Waals surface area contributed by atoms with Gasteiger partial charge in [0.05, 0.1) is 5.02 Å². The number of hydrogen-bond donors (Lipinski definition) is 1. The predicted octanol–water partition coefficient (Wildman–Crippen LogP) is 2.13. The van der Waals surface area contributed by atoms with E-state index in [9.17, 15) is 4.79 Å². The van der Waals surface area contributed by atoms with Crippen LogP contribution in [0.15, 0.2) is 36.0 Å². The maximum atomic E-state index is 11.1. The summed E-state index contributed by atoms with van der Waals surface area (Å²) in [6.45, 7) is 0. The Labute approximate surface area is 120 Å². The van der Waals surface area contributed by atoms with Gasteiger partial charge in [0.25, 0.3) is 5.91 Å². The molecule has 1 amide bonds. The highest BCUT2D eigenvalue weighted by atomic mass is 35.5. The summed E-state index contributed by atoms with van der Waals surface area (Å²) in [5, 5.41) is 13.8. The summed E-state index contributed by atoms with van der Waals surface area (Å²) in [6, 6.07) is 8.99. The van der Waals surface area contributed by atoms with Crippen molar-refractivity contribution in [3.8, 4) is 17.3 Å². The molecule has 20 heavy (non-hydrogen) atoms. The van der Waals surface area contributed by atoms with Gasteiger partial charge in [-0.1, -0.05) is 29.8 Å². The van der Waals surface area contributed by atoms with E-state index in [1.54, 1.807) is 30.1 Å². The Kier molecular flexibility index (Phi) is 3.87. The minimum atomic E-state index is -0.776. The van der Waals surface area contributed by atoms with Gasteiger partial charge in [0.2, 0.25) is 0 Å². The normalized spacial score (nSPS) is 11.2. The van der Waals surface area contributed by atoms with Crippen LogP contribution in [-0.2, 0) is 11.8 Å². The van der Waals surface area contributed by atoms with E-state index in [-0.39, 0.29) is 5.57 Å². The molecule has 0 radical (unpaired) electrons. The van der Waals surface area contributed by atoms with Crippen molar-refractivity contribution in [2.24, 2.45) is 12.8 Å². The Balaban J connectivity index is 2.61. The van der Waals surface area contributed by atoms with Gasteiger partial charge in [-0.15, -0.1) is 0 Å². The van der Waals surface area contributed by atoms with Crippen LogP contribution in [0, 0.1) is 11.3 Å². The maximum Gasteiger partial charge on any atom is 0.259 e. The summed E-state index contributed by atoms with van der Waals surface area (Å²) in [5.41, 5.74) is 6.93. The van der Waals surface area contributed by atoms with E-state index in [1.165, 1.54) is 6.08 Å². The minimum Gasteiger partial charge on any atom is -0.365 e. The Hall–Kier alpha value is -2.58. The van der Waals surface area contributed by atoms with E-state index in [0.717, 1.165) is 5.56 Å². The number of primary amides is 1. The van der Waals surface area contributed by atoms with E-state index in [4.69, 9.17) is 22.6 Å². The second kappa shape index (κ2) is 5.59. The van der Waals surface area contributed by atoms with Gasteiger partial charge in [0, 0.05) is 24.4 Å². The zero-order chi connectivity index (χ0) is 14.7. The first-order valence-corrected chi connectivity index (χ1v) is 6.11. The Morgan fingerprint density at radius 2 is 2.20 bits per heavy atom. The second-order valence-corrected chi connectivity index (χ2v) is 4.53. The first-order valence-electron chi connectivity index (χ1n) is 5.73. The number of nitriles is 1. The molecular formula is C14H11ClN4O. The van der Waals surface area contributed by atoms with Gasteiger partial charge in [-0.3, -0.25) is 9.48 Å². The summed E-state index contributed by atoms with van der Waals surface area (Å²) >= 11 is 6.15. The van der Waals surface area contributed by atoms with Crippen molar-refractivity contribution < 1.29 is 4.79 Å². The number of aryl methyl sites for hydroxylation is 1. The molecule has 0 aliphatic carbocycles. The van der Waals surface area contributed by atoms with Crippen LogP contribution in [0.25, 0.3) is 17.3 Å². The van der Waals surface area contributed by atoms with Crippen LogP contribution in [0.3, 0.4) is 0 Å². The molecule has 0 aliphatic rings. The number of nitrogens with zero attached hydrogens (tertiary/aromatic N) is 3. The average Bonchev–Trinajstić information content (AvgIpc) is 2.77. The lowest BCUT2D eigenvalue weighted by Gasteiger charge is -2.01. The Morgan fingerprint density at radius 1 is 1.50 bits per heavy atom. The van der Waals surface area contributed by atoms with Crippen molar-refractivity contribution in [1.82, 2.24) is 9.78 Å². The number of hydrogen-bond acceptors (Lipinski definition) is 3. The molecule has 5 nitrogen and oxygen atoms in total. The number of rotatable bonds is 3. The average molecular weight is 287 g/mol. The van der Waals surface area contributed by atoms with Crippen LogP contribution in [-0.4, -0.2) is 15.7 Å². The van der Waals surface area contributed by atoms with Crippen molar-refractivity contribution >= 4 is 23.6 Å². The summed E-state index contributed by atoms with van der Waals surface area (Å²) in [4.78, 5) is 11.1. The third-order valence-corrected chi connectivity index (χ3v) is 3.00. The van der Waals surface area contributed by atoms with Crippen LogP contribution in [0.2, 0.25) is 5.02 Å². The molecule has 0 atom stereocenters. The molecule has 1 heterocycles. The number of nitrogens with two attached hydrogens (primary N) is 1. The van der Waals surface area contributed by atoms with E-state index in [0.29, 0.717) is 16.3 Å². The van der Waals surface area contributed by atoms with Crippen molar-refractivity contribution in [3.05, 3.63) is 46.6 Å². The molecule has 2 N–H and O–H groups in total. The molecule has 2 rings (SSSR count). The fourth-order valence-electron chi connectivity index (χ4n) is 1.79. The first kappa shape index (κ1) is 13.8. The maximum absolute atomic E-state index is 11.1. The minimum absolute atomic E-state index is 0.133. The zero-order valence-electron chi connectivity index (χ0n) is 10.7. The van der Waals surface area contributed by atoms with Gasteiger partial charge in [-0.05, 0) is 12.1 Å².